The van der Waals surface area contributed by atoms with Gasteiger partial charge in [0.25, 0.3) is 0 Å². The maximum atomic E-state index is 11.9. The second-order valence-corrected chi connectivity index (χ2v) is 6.68. The molecule has 0 bridgehead atoms. The average Bonchev–Trinajstić information content (AvgIpc) is 2.63. The average molecular weight is 339 g/mol. The van der Waals surface area contributed by atoms with Crippen LogP contribution >= 0.6 is 0 Å². The van der Waals surface area contributed by atoms with Crippen LogP contribution in [0.15, 0.2) is 54.6 Å². The predicted molar refractivity (Wildman–Crippen MR) is 103 cm³/mol. The molecule has 2 atom stereocenters. The second kappa shape index (κ2) is 10.00. The quantitative estimate of drug-likeness (QED) is 0.537. The number of hydrogen-bond acceptors (Lipinski definition) is 3. The third-order valence-corrected chi connectivity index (χ3v) is 4.36. The molecule has 134 valence electrons. The number of rotatable bonds is 9. The Morgan fingerprint density at radius 3 is 2.32 bits per heavy atom. The monoisotopic (exact) mass is 339 g/mol. The molecule has 2 N–H and O–H groups in total. The van der Waals surface area contributed by atoms with Gasteiger partial charge >= 0.3 is 5.97 Å². The number of nitrogens with two attached hydrogens (primary N) is 1. The highest BCUT2D eigenvalue weighted by atomic mass is 16.5. The van der Waals surface area contributed by atoms with E-state index in [-0.39, 0.29) is 17.9 Å². The molecule has 3 heteroatoms. The molecule has 0 aliphatic carbocycles. The first kappa shape index (κ1) is 19.2. The zero-order valence-electron chi connectivity index (χ0n) is 15.3. The highest BCUT2D eigenvalue weighted by molar-refractivity contribution is 5.72. The number of carbonyl (C=O) groups excluding carboxylic acids is 1. The van der Waals surface area contributed by atoms with Crippen molar-refractivity contribution in [3.8, 4) is 11.1 Å². The number of carbonyl (C=O) groups is 1. The Morgan fingerprint density at radius 2 is 1.68 bits per heavy atom. The lowest BCUT2D eigenvalue weighted by Crippen LogP contribution is -2.29. The van der Waals surface area contributed by atoms with Gasteiger partial charge in [-0.25, -0.2) is 0 Å². The van der Waals surface area contributed by atoms with E-state index in [1.807, 2.05) is 25.1 Å². The van der Waals surface area contributed by atoms with Gasteiger partial charge in [-0.1, -0.05) is 74.9 Å². The zero-order valence-corrected chi connectivity index (χ0v) is 15.3. The maximum Gasteiger partial charge on any atom is 0.308 e. The van der Waals surface area contributed by atoms with Gasteiger partial charge in [0.1, 0.15) is 0 Å². The van der Waals surface area contributed by atoms with Gasteiger partial charge < -0.3 is 10.5 Å². The molecule has 2 aromatic carbocycles. The van der Waals surface area contributed by atoms with E-state index in [0.717, 1.165) is 19.3 Å². The summed E-state index contributed by atoms with van der Waals surface area (Å²) < 4.78 is 5.27. The predicted octanol–water partition coefficient (Wildman–Crippen LogP) is 4.59. The molecule has 2 aromatic rings. The van der Waals surface area contributed by atoms with E-state index < -0.39 is 0 Å². The van der Waals surface area contributed by atoms with Gasteiger partial charge in [-0.15, -0.1) is 0 Å². The molecule has 0 aliphatic rings. The van der Waals surface area contributed by atoms with Gasteiger partial charge in [-0.3, -0.25) is 4.79 Å². The van der Waals surface area contributed by atoms with Crippen LogP contribution in [0, 0.1) is 5.92 Å². The molecule has 0 heterocycles. The molecule has 0 saturated heterocycles. The Bertz CT molecular complexity index is 637. The minimum absolute atomic E-state index is 0.0451. The van der Waals surface area contributed by atoms with Crippen molar-refractivity contribution in [2.75, 3.05) is 6.61 Å². The van der Waals surface area contributed by atoms with E-state index in [2.05, 4.69) is 43.3 Å². The number of unbranched alkanes of at least 4 members (excludes halogenated alkanes) is 1. The minimum atomic E-state index is -0.157. The molecule has 2 rings (SSSR count). The Hall–Kier alpha value is -2.13. The molecule has 0 amide bonds. The highest BCUT2D eigenvalue weighted by Gasteiger charge is 2.18. The van der Waals surface area contributed by atoms with E-state index in [1.54, 1.807) is 0 Å². The first-order valence-electron chi connectivity index (χ1n) is 9.16. The largest absolute Gasteiger partial charge is 0.465 e. The summed E-state index contributed by atoms with van der Waals surface area (Å²) >= 11 is 0. The highest BCUT2D eigenvalue weighted by Crippen LogP contribution is 2.20. The van der Waals surface area contributed by atoms with E-state index >= 15 is 0 Å². The fourth-order valence-corrected chi connectivity index (χ4v) is 2.86. The third-order valence-electron chi connectivity index (χ3n) is 4.36. The summed E-state index contributed by atoms with van der Waals surface area (Å²) in [6.07, 6.45) is 3.35. The van der Waals surface area contributed by atoms with E-state index in [4.69, 9.17) is 10.5 Å². The van der Waals surface area contributed by atoms with Crippen LogP contribution in [0.25, 0.3) is 11.1 Å². The number of benzene rings is 2. The molecule has 0 aliphatic heterocycles. The van der Waals surface area contributed by atoms with E-state index in [0.29, 0.717) is 13.0 Å². The van der Waals surface area contributed by atoms with Gasteiger partial charge in [-0.2, -0.15) is 0 Å². The fraction of sp³-hybridized carbons (Fsp3) is 0.409. The Morgan fingerprint density at radius 1 is 1.04 bits per heavy atom. The summed E-state index contributed by atoms with van der Waals surface area (Å²) in [5.41, 5.74) is 9.84. The number of hydrogen-bond donors (Lipinski definition) is 1. The zero-order chi connectivity index (χ0) is 18.1. The van der Waals surface area contributed by atoms with Crippen molar-refractivity contribution in [2.24, 2.45) is 11.7 Å². The van der Waals surface area contributed by atoms with Crippen molar-refractivity contribution >= 4 is 5.97 Å². The van der Waals surface area contributed by atoms with Crippen LogP contribution in [0.3, 0.4) is 0 Å². The Kier molecular flexibility index (Phi) is 7.68. The third kappa shape index (κ3) is 6.35. The summed E-state index contributed by atoms with van der Waals surface area (Å²) in [6, 6.07) is 18.7. The SMILES string of the molecule is CCCCOC(=O)[C@H](C)C[C@H](N)Cc1ccc(-c2ccccc2)cc1. The number of ether oxygens (including phenoxy) is 1. The summed E-state index contributed by atoms with van der Waals surface area (Å²) in [4.78, 5) is 11.9. The van der Waals surface area contributed by atoms with Gasteiger partial charge in [-0.05, 0) is 36.0 Å². The van der Waals surface area contributed by atoms with Crippen molar-refractivity contribution in [3.63, 3.8) is 0 Å². The first-order valence-corrected chi connectivity index (χ1v) is 9.16. The van der Waals surface area contributed by atoms with Gasteiger partial charge in [0.2, 0.25) is 0 Å². The first-order chi connectivity index (χ1) is 12.1. The van der Waals surface area contributed by atoms with Crippen molar-refractivity contribution in [2.45, 2.75) is 45.6 Å². The van der Waals surface area contributed by atoms with Gasteiger partial charge in [0.05, 0.1) is 12.5 Å². The second-order valence-electron chi connectivity index (χ2n) is 6.68. The van der Waals surface area contributed by atoms with Crippen LogP contribution < -0.4 is 5.73 Å². The smallest absolute Gasteiger partial charge is 0.308 e. The number of esters is 1. The lowest BCUT2D eigenvalue weighted by Gasteiger charge is -2.17. The fourth-order valence-electron chi connectivity index (χ4n) is 2.86. The van der Waals surface area contributed by atoms with E-state index in [1.165, 1.54) is 16.7 Å². The molecule has 0 saturated carbocycles. The standard InChI is InChI=1S/C22H29NO2/c1-3-4-14-25-22(24)17(2)15-21(23)16-18-10-12-20(13-11-18)19-8-6-5-7-9-19/h5-13,17,21H,3-4,14-16,23H2,1-2H3/t17-,21+/m1/s1. The molecule has 0 unspecified atom stereocenters. The molecule has 25 heavy (non-hydrogen) atoms. The van der Waals surface area contributed by atoms with Crippen LogP contribution in [0.5, 0.6) is 0 Å². The topological polar surface area (TPSA) is 52.3 Å². The van der Waals surface area contributed by atoms with Gasteiger partial charge in [0, 0.05) is 6.04 Å². The lowest BCUT2D eigenvalue weighted by molar-refractivity contribution is -0.148. The van der Waals surface area contributed by atoms with Gasteiger partial charge in [0.15, 0.2) is 0 Å². The van der Waals surface area contributed by atoms with Crippen LogP contribution in [-0.2, 0) is 16.0 Å². The Labute approximate surface area is 151 Å². The molecular formula is C22H29NO2. The molecule has 0 fully saturated rings. The summed E-state index contributed by atoms with van der Waals surface area (Å²) in [7, 11) is 0. The molecule has 0 spiro atoms. The van der Waals surface area contributed by atoms with Crippen molar-refractivity contribution in [1.82, 2.24) is 0 Å². The van der Waals surface area contributed by atoms with Crippen molar-refractivity contribution < 1.29 is 9.53 Å². The normalized spacial score (nSPS) is 13.2. The Balaban J connectivity index is 1.84. The van der Waals surface area contributed by atoms with E-state index in [9.17, 15) is 4.79 Å². The van der Waals surface area contributed by atoms with Crippen molar-refractivity contribution in [1.29, 1.82) is 0 Å². The van der Waals surface area contributed by atoms with Crippen LogP contribution in [0.2, 0.25) is 0 Å². The summed E-state index contributed by atoms with van der Waals surface area (Å²) in [5.74, 6) is -0.293. The molecule has 0 aromatic heterocycles. The van der Waals surface area contributed by atoms with Crippen LogP contribution in [-0.4, -0.2) is 18.6 Å². The lowest BCUT2D eigenvalue weighted by atomic mass is 9.95. The minimum Gasteiger partial charge on any atom is -0.465 e. The molecular weight excluding hydrogens is 310 g/mol. The summed E-state index contributed by atoms with van der Waals surface area (Å²) in [6.45, 7) is 4.48. The van der Waals surface area contributed by atoms with Crippen LogP contribution in [0.1, 0.15) is 38.7 Å². The molecule has 3 nitrogen and oxygen atoms in total. The summed E-state index contributed by atoms with van der Waals surface area (Å²) in [5, 5.41) is 0. The maximum absolute atomic E-state index is 11.9. The molecule has 0 radical (unpaired) electrons. The van der Waals surface area contributed by atoms with Crippen molar-refractivity contribution in [3.05, 3.63) is 60.2 Å². The van der Waals surface area contributed by atoms with Crippen LogP contribution in [0.4, 0.5) is 0 Å².